The smallest absolute Gasteiger partial charge is 0.196 e. The molecule has 18 heavy (non-hydrogen) atoms. The molecular formula is C13H19FN2O2. The van der Waals surface area contributed by atoms with E-state index >= 15 is 0 Å². The van der Waals surface area contributed by atoms with Gasteiger partial charge in [0.2, 0.25) is 0 Å². The van der Waals surface area contributed by atoms with Crippen LogP contribution in [-0.2, 0) is 0 Å². The number of phenolic OH excluding ortho intramolecular Hbond substituents is 1. The first-order chi connectivity index (χ1) is 8.58. The van der Waals surface area contributed by atoms with Gasteiger partial charge in [-0.05, 0) is 32.0 Å². The molecule has 5 heteroatoms. The molecule has 0 radical (unpaired) electrons. The Hall–Kier alpha value is -1.33. The van der Waals surface area contributed by atoms with E-state index in [1.807, 2.05) is 7.05 Å². The van der Waals surface area contributed by atoms with Gasteiger partial charge in [0.1, 0.15) is 0 Å². The summed E-state index contributed by atoms with van der Waals surface area (Å²) in [4.78, 5) is 2.09. The number of rotatable bonds is 3. The lowest BCUT2D eigenvalue weighted by Crippen LogP contribution is -2.21. The second kappa shape index (κ2) is 5.12. The van der Waals surface area contributed by atoms with Gasteiger partial charge in [-0.15, -0.1) is 0 Å². The van der Waals surface area contributed by atoms with Crippen molar-refractivity contribution < 1.29 is 14.2 Å². The molecule has 0 aromatic heterocycles. The molecule has 2 atom stereocenters. The fraction of sp³-hybridized carbons (Fsp3) is 0.538. The molecule has 0 aliphatic carbocycles. The Morgan fingerprint density at radius 2 is 2.28 bits per heavy atom. The Balaban J connectivity index is 2.34. The van der Waals surface area contributed by atoms with E-state index in [0.717, 1.165) is 13.0 Å². The van der Waals surface area contributed by atoms with Crippen molar-refractivity contribution in [2.75, 3.05) is 27.2 Å². The Morgan fingerprint density at radius 3 is 2.83 bits per heavy atom. The second-order valence-electron chi connectivity index (χ2n) is 4.81. The average Bonchev–Trinajstić information content (AvgIpc) is 2.71. The molecule has 0 saturated carbocycles. The summed E-state index contributed by atoms with van der Waals surface area (Å²) in [5.41, 5.74) is 6.23. The number of phenols is 1. The Bertz CT molecular complexity index is 439. The number of likely N-dealkylation sites (tertiary alicyclic amines) is 1. The molecule has 1 aromatic rings. The number of hydrogen-bond donors (Lipinski definition) is 2. The molecule has 2 rings (SSSR count). The minimum absolute atomic E-state index is 0.00644. The van der Waals surface area contributed by atoms with Crippen molar-refractivity contribution >= 4 is 0 Å². The summed E-state index contributed by atoms with van der Waals surface area (Å²) in [6.45, 7) is 1.47. The first-order valence-corrected chi connectivity index (χ1v) is 6.04. The van der Waals surface area contributed by atoms with Gasteiger partial charge in [-0.3, -0.25) is 4.90 Å². The van der Waals surface area contributed by atoms with Crippen LogP contribution in [0.3, 0.4) is 0 Å². The van der Waals surface area contributed by atoms with Gasteiger partial charge in [-0.25, -0.2) is 4.39 Å². The lowest BCUT2D eigenvalue weighted by atomic mass is 9.99. The van der Waals surface area contributed by atoms with Crippen LogP contribution < -0.4 is 10.5 Å². The van der Waals surface area contributed by atoms with Crippen molar-refractivity contribution in [2.24, 2.45) is 11.7 Å². The van der Waals surface area contributed by atoms with Gasteiger partial charge < -0.3 is 15.6 Å². The molecule has 0 bridgehead atoms. The second-order valence-corrected chi connectivity index (χ2v) is 4.81. The summed E-state index contributed by atoms with van der Waals surface area (Å²) in [6, 6.07) is 3.08. The summed E-state index contributed by atoms with van der Waals surface area (Å²) in [6.07, 6.45) is 0.831. The predicted octanol–water partition coefficient (Wildman–Crippen LogP) is 1.49. The number of methoxy groups -OCH3 is 1. The number of halogens is 1. The zero-order valence-electron chi connectivity index (χ0n) is 10.7. The first kappa shape index (κ1) is 13.1. The molecule has 3 N–H and O–H groups in total. The zero-order valence-corrected chi connectivity index (χ0v) is 10.7. The number of ether oxygens (including phenoxy) is 1. The highest BCUT2D eigenvalue weighted by atomic mass is 19.1. The number of nitrogens with zero attached hydrogens (tertiary/aromatic N) is 1. The van der Waals surface area contributed by atoms with E-state index in [0.29, 0.717) is 18.0 Å². The summed E-state index contributed by atoms with van der Waals surface area (Å²) in [7, 11) is 3.31. The van der Waals surface area contributed by atoms with Crippen LogP contribution in [0.1, 0.15) is 18.0 Å². The predicted molar refractivity (Wildman–Crippen MR) is 67.1 cm³/mol. The van der Waals surface area contributed by atoms with Gasteiger partial charge in [0.25, 0.3) is 0 Å². The average molecular weight is 254 g/mol. The van der Waals surface area contributed by atoms with Crippen LogP contribution in [0.15, 0.2) is 12.1 Å². The standard InChI is InChI=1S/C13H19FN2O2/c1-16-7-8(6-15)5-10(16)9-3-4-11(17)13(18-2)12(9)14/h3-4,8,10,17H,5-7,15H2,1-2H3. The van der Waals surface area contributed by atoms with E-state index < -0.39 is 5.82 Å². The fourth-order valence-electron chi connectivity index (χ4n) is 2.65. The van der Waals surface area contributed by atoms with Gasteiger partial charge in [-0.2, -0.15) is 0 Å². The molecule has 1 aromatic carbocycles. The zero-order chi connectivity index (χ0) is 13.3. The number of benzene rings is 1. The summed E-state index contributed by atoms with van der Waals surface area (Å²) in [5.74, 6) is -0.349. The molecule has 0 spiro atoms. The van der Waals surface area contributed by atoms with Crippen LogP contribution in [0.5, 0.6) is 11.5 Å². The Kier molecular flexibility index (Phi) is 3.73. The molecular weight excluding hydrogens is 235 g/mol. The third kappa shape index (κ3) is 2.15. The number of hydrogen-bond acceptors (Lipinski definition) is 4. The van der Waals surface area contributed by atoms with Gasteiger partial charge in [-0.1, -0.05) is 6.07 Å². The maximum Gasteiger partial charge on any atom is 0.196 e. The van der Waals surface area contributed by atoms with Crippen molar-refractivity contribution in [3.63, 3.8) is 0 Å². The van der Waals surface area contributed by atoms with Crippen LogP contribution in [0.4, 0.5) is 4.39 Å². The van der Waals surface area contributed by atoms with Crippen molar-refractivity contribution in [3.05, 3.63) is 23.5 Å². The molecule has 0 amide bonds. The molecule has 1 saturated heterocycles. The van der Waals surface area contributed by atoms with Crippen molar-refractivity contribution in [1.82, 2.24) is 4.90 Å². The van der Waals surface area contributed by atoms with Crippen LogP contribution in [0.25, 0.3) is 0 Å². The first-order valence-electron chi connectivity index (χ1n) is 6.04. The summed E-state index contributed by atoms with van der Waals surface area (Å²) < 4.78 is 19.1. The minimum Gasteiger partial charge on any atom is -0.504 e. The topological polar surface area (TPSA) is 58.7 Å². The van der Waals surface area contributed by atoms with E-state index in [-0.39, 0.29) is 17.5 Å². The lowest BCUT2D eigenvalue weighted by molar-refractivity contribution is 0.298. The molecule has 2 unspecified atom stereocenters. The van der Waals surface area contributed by atoms with E-state index in [4.69, 9.17) is 10.5 Å². The van der Waals surface area contributed by atoms with Crippen molar-refractivity contribution in [1.29, 1.82) is 0 Å². The van der Waals surface area contributed by atoms with Gasteiger partial charge in [0, 0.05) is 18.2 Å². The van der Waals surface area contributed by atoms with Gasteiger partial charge in [0.05, 0.1) is 7.11 Å². The van der Waals surface area contributed by atoms with Crippen molar-refractivity contribution in [3.8, 4) is 11.5 Å². The van der Waals surface area contributed by atoms with E-state index in [2.05, 4.69) is 4.90 Å². The maximum atomic E-state index is 14.2. The highest BCUT2D eigenvalue weighted by Gasteiger charge is 2.32. The quantitative estimate of drug-likeness (QED) is 0.858. The molecule has 1 fully saturated rings. The van der Waals surface area contributed by atoms with E-state index in [9.17, 15) is 9.50 Å². The van der Waals surface area contributed by atoms with E-state index in [1.165, 1.54) is 13.2 Å². The monoisotopic (exact) mass is 254 g/mol. The van der Waals surface area contributed by atoms with Crippen LogP contribution in [0.2, 0.25) is 0 Å². The molecule has 1 aliphatic rings. The molecule has 1 heterocycles. The van der Waals surface area contributed by atoms with Crippen LogP contribution in [0, 0.1) is 11.7 Å². The maximum absolute atomic E-state index is 14.2. The highest BCUT2D eigenvalue weighted by Crippen LogP contribution is 2.40. The summed E-state index contributed by atoms with van der Waals surface area (Å²) >= 11 is 0. The Morgan fingerprint density at radius 1 is 1.56 bits per heavy atom. The normalized spacial score (nSPS) is 24.4. The third-order valence-corrected chi connectivity index (χ3v) is 3.64. The molecule has 1 aliphatic heterocycles. The summed E-state index contributed by atoms with van der Waals surface area (Å²) in [5, 5.41) is 9.52. The van der Waals surface area contributed by atoms with Crippen molar-refractivity contribution in [2.45, 2.75) is 12.5 Å². The SMILES string of the molecule is COc1c(O)ccc(C2CC(CN)CN2C)c1F. The minimum atomic E-state index is -0.480. The lowest BCUT2D eigenvalue weighted by Gasteiger charge is -2.21. The largest absolute Gasteiger partial charge is 0.504 e. The molecule has 4 nitrogen and oxygen atoms in total. The van der Waals surface area contributed by atoms with Gasteiger partial charge in [0.15, 0.2) is 17.3 Å². The van der Waals surface area contributed by atoms with E-state index in [1.54, 1.807) is 6.07 Å². The number of aromatic hydroxyl groups is 1. The number of nitrogens with two attached hydrogens (primary N) is 1. The molecule has 100 valence electrons. The highest BCUT2D eigenvalue weighted by molar-refractivity contribution is 5.44. The fourth-order valence-corrected chi connectivity index (χ4v) is 2.65. The third-order valence-electron chi connectivity index (χ3n) is 3.64. The Labute approximate surface area is 106 Å². The van der Waals surface area contributed by atoms with Gasteiger partial charge >= 0.3 is 0 Å². The van der Waals surface area contributed by atoms with Crippen LogP contribution in [-0.4, -0.2) is 37.3 Å². The van der Waals surface area contributed by atoms with Crippen LogP contribution >= 0.6 is 0 Å².